The van der Waals surface area contributed by atoms with Crippen molar-refractivity contribution in [3.8, 4) is 0 Å². The average molecular weight is 555 g/mol. The number of aromatic nitrogens is 1. The summed E-state index contributed by atoms with van der Waals surface area (Å²) in [7, 11) is 0. The highest BCUT2D eigenvalue weighted by Gasteiger charge is 2.30. The van der Waals surface area contributed by atoms with Gasteiger partial charge < -0.3 is 20.1 Å². The van der Waals surface area contributed by atoms with Gasteiger partial charge >= 0.3 is 12.2 Å². The maximum Gasteiger partial charge on any atom is 0.416 e. The summed E-state index contributed by atoms with van der Waals surface area (Å²) < 4.78 is 53.3. The minimum Gasteiger partial charge on any atom is -0.361 e. The number of amides is 3. The van der Waals surface area contributed by atoms with Crippen molar-refractivity contribution < 1.29 is 27.2 Å². The molecule has 6 nitrogen and oxygen atoms in total. The van der Waals surface area contributed by atoms with E-state index in [1.54, 1.807) is 19.9 Å². The largest absolute Gasteiger partial charge is 0.416 e. The Balaban J connectivity index is 1.54. The quantitative estimate of drug-likeness (QED) is 0.223. The number of aromatic amines is 1. The van der Waals surface area contributed by atoms with Gasteiger partial charge in [-0.2, -0.15) is 13.2 Å². The summed E-state index contributed by atoms with van der Waals surface area (Å²) in [5.74, 6) is -0.995. The number of nitrogens with zero attached hydrogens (tertiary/aromatic N) is 2. The molecule has 3 aromatic carbocycles. The molecule has 0 unspecified atom stereocenters. The molecule has 1 heterocycles. The molecular weight excluding hydrogens is 524 g/mol. The van der Waals surface area contributed by atoms with Crippen LogP contribution in [0.3, 0.4) is 0 Å². The minimum absolute atomic E-state index is 0.00783. The summed E-state index contributed by atoms with van der Waals surface area (Å²) in [5.41, 5.74) is 1.68. The third-order valence-electron chi connectivity index (χ3n) is 6.64. The van der Waals surface area contributed by atoms with E-state index in [2.05, 4.69) is 10.3 Å². The van der Waals surface area contributed by atoms with E-state index in [0.29, 0.717) is 12.0 Å². The lowest BCUT2D eigenvalue weighted by molar-refractivity contribution is -0.137. The first-order chi connectivity index (χ1) is 19.0. The van der Waals surface area contributed by atoms with Gasteiger partial charge in [0.2, 0.25) is 5.91 Å². The average Bonchev–Trinajstić information content (AvgIpc) is 3.33. The van der Waals surface area contributed by atoms with Crippen molar-refractivity contribution in [2.24, 2.45) is 0 Å². The molecule has 40 heavy (non-hydrogen) atoms. The van der Waals surface area contributed by atoms with Gasteiger partial charge in [-0.25, -0.2) is 9.18 Å². The molecule has 4 aromatic rings. The van der Waals surface area contributed by atoms with Gasteiger partial charge in [0.1, 0.15) is 12.4 Å². The number of hydrogen-bond donors (Lipinski definition) is 2. The molecule has 0 bridgehead atoms. The first-order valence-corrected chi connectivity index (χ1v) is 12.8. The summed E-state index contributed by atoms with van der Waals surface area (Å²) in [4.78, 5) is 32.6. The number of urea groups is 1. The molecule has 210 valence electrons. The summed E-state index contributed by atoms with van der Waals surface area (Å²) in [5, 5.41) is 3.52. The number of para-hydroxylation sites is 2. The second kappa shape index (κ2) is 12.2. The Morgan fingerprint density at radius 1 is 0.950 bits per heavy atom. The van der Waals surface area contributed by atoms with Gasteiger partial charge in [-0.3, -0.25) is 4.79 Å². The Labute approximate surface area is 229 Å². The molecule has 0 saturated carbocycles. The highest BCUT2D eigenvalue weighted by molar-refractivity contribution is 5.92. The van der Waals surface area contributed by atoms with Crippen LogP contribution in [0, 0.1) is 5.82 Å². The summed E-state index contributed by atoms with van der Waals surface area (Å²) in [6, 6.07) is 17.1. The molecule has 0 fully saturated rings. The number of benzene rings is 3. The molecule has 0 atom stereocenters. The number of alkyl halides is 3. The molecule has 0 aliphatic carbocycles. The first-order valence-electron chi connectivity index (χ1n) is 12.8. The number of anilines is 1. The Morgan fingerprint density at radius 3 is 2.30 bits per heavy atom. The minimum atomic E-state index is -4.47. The third kappa shape index (κ3) is 6.99. The molecule has 0 saturated heterocycles. The molecule has 3 amide bonds. The van der Waals surface area contributed by atoms with E-state index >= 15 is 0 Å². The lowest BCUT2D eigenvalue weighted by Crippen LogP contribution is -2.47. The maximum atomic E-state index is 14.1. The predicted molar refractivity (Wildman–Crippen MR) is 146 cm³/mol. The zero-order valence-corrected chi connectivity index (χ0v) is 22.1. The van der Waals surface area contributed by atoms with Gasteiger partial charge in [0, 0.05) is 36.2 Å². The van der Waals surface area contributed by atoms with Crippen molar-refractivity contribution in [3.63, 3.8) is 0 Å². The predicted octanol–water partition coefficient (Wildman–Crippen LogP) is 6.84. The van der Waals surface area contributed by atoms with Crippen LogP contribution in [0.5, 0.6) is 0 Å². The van der Waals surface area contributed by atoms with E-state index in [1.807, 2.05) is 30.5 Å². The van der Waals surface area contributed by atoms with E-state index < -0.39 is 35.5 Å². The zero-order chi connectivity index (χ0) is 28.9. The fourth-order valence-corrected chi connectivity index (χ4v) is 4.39. The number of hydrogen-bond acceptors (Lipinski definition) is 2. The monoisotopic (exact) mass is 554 g/mol. The van der Waals surface area contributed by atoms with Gasteiger partial charge in [0.25, 0.3) is 0 Å². The molecule has 4 rings (SSSR count). The Kier molecular flexibility index (Phi) is 8.77. The molecule has 0 aliphatic rings. The van der Waals surface area contributed by atoms with Gasteiger partial charge in [-0.15, -0.1) is 0 Å². The highest BCUT2D eigenvalue weighted by atomic mass is 19.4. The SMILES string of the molecule is CC(C)N(CC(=O)N(CCc1c[nH]c2ccccc12)Cc1ccc(C(F)(F)F)cc1)C(=O)Nc1ccccc1F. The van der Waals surface area contributed by atoms with Crippen LogP contribution in [0.4, 0.5) is 28.0 Å². The molecule has 0 aliphatic heterocycles. The number of carbonyl (C=O) groups is 2. The van der Waals surface area contributed by atoms with E-state index in [4.69, 9.17) is 0 Å². The van der Waals surface area contributed by atoms with Crippen molar-refractivity contribution in [2.75, 3.05) is 18.4 Å². The van der Waals surface area contributed by atoms with E-state index in [-0.39, 0.29) is 25.3 Å². The standard InChI is InChI=1S/C30H30F4N4O2/c1-20(2)38(29(40)36-27-10-6-4-8-25(27)31)19-28(39)37(18-21-11-13-23(14-12-21)30(32,33)34)16-15-22-17-35-26-9-5-3-7-24(22)26/h3-14,17,20,35H,15-16,18-19H2,1-2H3,(H,36,40). The van der Waals surface area contributed by atoms with Crippen molar-refractivity contribution in [2.45, 2.75) is 39.0 Å². The smallest absolute Gasteiger partial charge is 0.361 e. The van der Waals surface area contributed by atoms with Crippen LogP contribution >= 0.6 is 0 Å². The molecule has 2 N–H and O–H groups in total. The van der Waals surface area contributed by atoms with Gasteiger partial charge in [0.05, 0.1) is 11.3 Å². The third-order valence-corrected chi connectivity index (χ3v) is 6.64. The fraction of sp³-hybridized carbons (Fsp3) is 0.267. The second-order valence-corrected chi connectivity index (χ2v) is 9.75. The Bertz CT molecular complexity index is 1460. The van der Waals surface area contributed by atoms with Crippen molar-refractivity contribution in [3.05, 3.63) is 102 Å². The van der Waals surface area contributed by atoms with Gasteiger partial charge in [-0.05, 0) is 61.7 Å². The van der Waals surface area contributed by atoms with E-state index in [9.17, 15) is 27.2 Å². The maximum absolute atomic E-state index is 14.1. The summed E-state index contributed by atoms with van der Waals surface area (Å²) in [6.07, 6.45) is -2.11. The number of nitrogens with one attached hydrogen (secondary N) is 2. The lowest BCUT2D eigenvalue weighted by Gasteiger charge is -2.30. The number of H-pyrrole nitrogens is 1. The van der Waals surface area contributed by atoms with Crippen LogP contribution in [0.15, 0.2) is 79.0 Å². The molecule has 10 heteroatoms. The molecule has 0 radical (unpaired) electrons. The number of halogens is 4. The molecular formula is C30H30F4N4O2. The normalized spacial score (nSPS) is 11.6. The Morgan fingerprint density at radius 2 is 1.62 bits per heavy atom. The lowest BCUT2D eigenvalue weighted by atomic mass is 10.1. The topological polar surface area (TPSA) is 68.4 Å². The highest BCUT2D eigenvalue weighted by Crippen LogP contribution is 2.29. The summed E-state index contributed by atoms with van der Waals surface area (Å²) in [6.45, 7) is 3.50. The fourth-order valence-electron chi connectivity index (χ4n) is 4.39. The number of fused-ring (bicyclic) bond motifs is 1. The van der Waals surface area contributed by atoms with Crippen LogP contribution in [0.2, 0.25) is 0 Å². The molecule has 1 aromatic heterocycles. The van der Waals surface area contributed by atoms with Gasteiger partial charge in [-0.1, -0.05) is 42.5 Å². The van der Waals surface area contributed by atoms with Crippen LogP contribution in [0.25, 0.3) is 10.9 Å². The van der Waals surface area contributed by atoms with Crippen LogP contribution in [-0.2, 0) is 23.9 Å². The zero-order valence-electron chi connectivity index (χ0n) is 22.1. The Hall–Kier alpha value is -4.34. The number of rotatable bonds is 9. The van der Waals surface area contributed by atoms with Crippen molar-refractivity contribution >= 4 is 28.5 Å². The second-order valence-electron chi connectivity index (χ2n) is 9.75. The summed E-state index contributed by atoms with van der Waals surface area (Å²) >= 11 is 0. The molecule has 0 spiro atoms. The van der Waals surface area contributed by atoms with Crippen molar-refractivity contribution in [1.82, 2.24) is 14.8 Å². The van der Waals surface area contributed by atoms with Gasteiger partial charge in [0.15, 0.2) is 0 Å². The van der Waals surface area contributed by atoms with E-state index in [0.717, 1.165) is 28.6 Å². The van der Waals surface area contributed by atoms with Crippen LogP contribution in [-0.4, -0.2) is 45.9 Å². The number of carbonyl (C=O) groups excluding carboxylic acids is 2. The first kappa shape index (κ1) is 28.7. The van der Waals surface area contributed by atoms with Crippen molar-refractivity contribution in [1.29, 1.82) is 0 Å². The van der Waals surface area contributed by atoms with E-state index in [1.165, 1.54) is 40.1 Å². The van der Waals surface area contributed by atoms with Crippen LogP contribution in [0.1, 0.15) is 30.5 Å². The van der Waals surface area contributed by atoms with Crippen LogP contribution < -0.4 is 5.32 Å².